The summed E-state index contributed by atoms with van der Waals surface area (Å²) >= 11 is 0. The zero-order chi connectivity index (χ0) is 16.9. The van der Waals surface area contributed by atoms with Crippen molar-refractivity contribution >= 4 is 0 Å². The van der Waals surface area contributed by atoms with Crippen LogP contribution in [0.15, 0.2) is 67.3 Å². The van der Waals surface area contributed by atoms with Gasteiger partial charge in [-0.3, -0.25) is 0 Å². The molecule has 0 radical (unpaired) electrons. The number of imidazole rings is 1. The van der Waals surface area contributed by atoms with E-state index in [-0.39, 0.29) is 11.5 Å². The highest BCUT2D eigenvalue weighted by Crippen LogP contribution is 2.17. The van der Waals surface area contributed by atoms with Crippen LogP contribution < -0.4 is 9.47 Å². The third-order valence-electron chi connectivity index (χ3n) is 2.51. The summed E-state index contributed by atoms with van der Waals surface area (Å²) in [5.41, 5.74) is 0. The molecule has 0 atom stereocenters. The minimum atomic E-state index is 0.231. The third-order valence-corrected chi connectivity index (χ3v) is 2.51. The molecule has 3 aromatic rings. The Morgan fingerprint density at radius 2 is 1.39 bits per heavy atom. The number of H-pyrrole nitrogens is 1. The van der Waals surface area contributed by atoms with Crippen LogP contribution in [0.3, 0.4) is 0 Å². The van der Waals surface area contributed by atoms with Crippen molar-refractivity contribution < 1.29 is 19.7 Å². The van der Waals surface area contributed by atoms with Gasteiger partial charge in [0.2, 0.25) is 0 Å². The summed E-state index contributed by atoms with van der Waals surface area (Å²) in [6, 6.07) is 13.3. The summed E-state index contributed by atoms with van der Waals surface area (Å²) in [5.74, 6) is 1.81. The number of benzene rings is 2. The third kappa shape index (κ3) is 8.01. The van der Waals surface area contributed by atoms with Gasteiger partial charge in [-0.1, -0.05) is 12.1 Å². The van der Waals surface area contributed by atoms with Crippen LogP contribution in [-0.4, -0.2) is 34.4 Å². The molecule has 3 rings (SSSR count). The van der Waals surface area contributed by atoms with Crippen LogP contribution in [0.4, 0.5) is 0 Å². The number of methoxy groups -OCH3 is 2. The highest BCUT2D eigenvalue weighted by atomic mass is 16.5. The number of aromatic nitrogens is 2. The van der Waals surface area contributed by atoms with Crippen LogP contribution in [0.1, 0.15) is 0 Å². The van der Waals surface area contributed by atoms with Crippen molar-refractivity contribution in [3.05, 3.63) is 67.3 Å². The number of nitrogens with zero attached hydrogens (tertiary/aromatic N) is 1. The van der Waals surface area contributed by atoms with Gasteiger partial charge in [-0.25, -0.2) is 4.98 Å². The quantitative estimate of drug-likeness (QED) is 0.675. The Morgan fingerprint density at radius 3 is 1.61 bits per heavy atom. The normalized spacial score (nSPS) is 8.78. The number of phenols is 2. The second kappa shape index (κ2) is 10.6. The average molecular weight is 316 g/mol. The van der Waals surface area contributed by atoms with E-state index in [1.165, 1.54) is 0 Å². The first-order valence-electron chi connectivity index (χ1n) is 6.74. The maximum Gasteiger partial charge on any atom is 0.122 e. The van der Waals surface area contributed by atoms with Crippen LogP contribution in [0.25, 0.3) is 0 Å². The number of aromatic hydroxyl groups is 2. The Morgan fingerprint density at radius 1 is 0.870 bits per heavy atom. The van der Waals surface area contributed by atoms with Gasteiger partial charge in [0.25, 0.3) is 0 Å². The standard InChI is InChI=1S/2C7H8O2.C3H4N2/c2*1-9-7-4-2-3-6(8)5-7;1-2-5-3-4-1/h2*2-5,8H,1H3;1-3H,(H,4,5). The molecule has 2 aromatic carbocycles. The molecule has 6 heteroatoms. The molecule has 0 spiro atoms. The van der Waals surface area contributed by atoms with Gasteiger partial charge in [-0.15, -0.1) is 0 Å². The first kappa shape index (κ1) is 17.9. The van der Waals surface area contributed by atoms with Crippen LogP contribution in [0.2, 0.25) is 0 Å². The van der Waals surface area contributed by atoms with Crippen molar-refractivity contribution in [3.63, 3.8) is 0 Å². The van der Waals surface area contributed by atoms with Crippen molar-refractivity contribution in [1.82, 2.24) is 9.97 Å². The fraction of sp³-hybridized carbons (Fsp3) is 0.118. The SMILES string of the molecule is COc1cccc(O)c1.COc1cccc(O)c1.c1c[nH]cn1. The molecule has 3 N–H and O–H groups in total. The van der Waals surface area contributed by atoms with Crippen LogP contribution in [0, 0.1) is 0 Å². The molecule has 1 heterocycles. The van der Waals surface area contributed by atoms with Gasteiger partial charge >= 0.3 is 0 Å². The van der Waals surface area contributed by atoms with Gasteiger partial charge < -0.3 is 24.7 Å². The molecule has 0 aliphatic heterocycles. The Bertz CT molecular complexity index is 594. The molecule has 122 valence electrons. The first-order valence-corrected chi connectivity index (χ1v) is 6.74. The molecule has 0 bridgehead atoms. The van der Waals surface area contributed by atoms with Gasteiger partial charge in [-0.05, 0) is 24.3 Å². The lowest BCUT2D eigenvalue weighted by atomic mass is 10.3. The van der Waals surface area contributed by atoms with Crippen molar-refractivity contribution in [2.24, 2.45) is 0 Å². The molecule has 0 fully saturated rings. The number of phenolic OH excluding ortho intramolecular Hbond substituents is 2. The van der Waals surface area contributed by atoms with E-state index in [1.807, 2.05) is 0 Å². The molecule has 0 aliphatic rings. The number of aromatic amines is 1. The highest BCUT2D eigenvalue weighted by molar-refractivity contribution is 5.32. The molecule has 23 heavy (non-hydrogen) atoms. The molecule has 1 aromatic heterocycles. The average Bonchev–Trinajstić information content (AvgIpc) is 3.15. The number of hydrogen-bond donors (Lipinski definition) is 3. The van der Waals surface area contributed by atoms with Crippen LogP contribution in [0.5, 0.6) is 23.0 Å². The predicted molar refractivity (Wildman–Crippen MR) is 87.9 cm³/mol. The second-order valence-electron chi connectivity index (χ2n) is 4.16. The van der Waals surface area contributed by atoms with E-state index in [1.54, 1.807) is 81.5 Å². The van der Waals surface area contributed by atoms with Crippen molar-refractivity contribution in [1.29, 1.82) is 0 Å². The molecule has 6 nitrogen and oxygen atoms in total. The van der Waals surface area contributed by atoms with Gasteiger partial charge in [0, 0.05) is 24.5 Å². The van der Waals surface area contributed by atoms with Crippen molar-refractivity contribution in [2.75, 3.05) is 14.2 Å². The number of ether oxygens (including phenoxy) is 2. The zero-order valence-electron chi connectivity index (χ0n) is 13.0. The minimum absolute atomic E-state index is 0.231. The van der Waals surface area contributed by atoms with E-state index in [0.717, 1.165) is 0 Å². The minimum Gasteiger partial charge on any atom is -0.508 e. The summed E-state index contributed by atoms with van der Waals surface area (Å²) in [6.07, 6.45) is 5.08. The molecule has 0 amide bonds. The van der Waals surface area contributed by atoms with Gasteiger partial charge in [0.15, 0.2) is 0 Å². The molecular formula is C17H20N2O4. The molecule has 0 saturated heterocycles. The van der Waals surface area contributed by atoms with E-state index >= 15 is 0 Å². The monoisotopic (exact) mass is 316 g/mol. The summed E-state index contributed by atoms with van der Waals surface area (Å²) in [6.45, 7) is 0. The Labute approximate surface area is 135 Å². The van der Waals surface area contributed by atoms with E-state index in [4.69, 9.17) is 19.7 Å². The van der Waals surface area contributed by atoms with E-state index < -0.39 is 0 Å². The first-order chi connectivity index (χ1) is 11.2. The lowest BCUT2D eigenvalue weighted by Crippen LogP contribution is -1.79. The van der Waals surface area contributed by atoms with Crippen LogP contribution >= 0.6 is 0 Å². The summed E-state index contributed by atoms with van der Waals surface area (Å²) < 4.78 is 9.67. The number of nitrogens with one attached hydrogen (secondary N) is 1. The lowest BCUT2D eigenvalue weighted by molar-refractivity contribution is 0.407. The van der Waals surface area contributed by atoms with Gasteiger partial charge in [0.05, 0.1) is 20.5 Å². The van der Waals surface area contributed by atoms with Crippen molar-refractivity contribution in [2.45, 2.75) is 0 Å². The Balaban J connectivity index is 0.000000180. The van der Waals surface area contributed by atoms with Crippen LogP contribution in [-0.2, 0) is 0 Å². The Kier molecular flexibility index (Phi) is 8.22. The maximum atomic E-state index is 8.86. The number of hydrogen-bond acceptors (Lipinski definition) is 5. The topological polar surface area (TPSA) is 87.6 Å². The summed E-state index contributed by atoms with van der Waals surface area (Å²) in [4.78, 5) is 6.42. The predicted octanol–water partition coefficient (Wildman–Crippen LogP) is 3.21. The number of rotatable bonds is 2. The largest absolute Gasteiger partial charge is 0.508 e. The molecule has 0 aliphatic carbocycles. The summed E-state index contributed by atoms with van der Waals surface area (Å²) in [5, 5.41) is 17.7. The molecule has 0 saturated carbocycles. The summed E-state index contributed by atoms with van der Waals surface area (Å²) in [7, 11) is 3.13. The van der Waals surface area contributed by atoms with Crippen molar-refractivity contribution in [3.8, 4) is 23.0 Å². The molecule has 0 unspecified atom stereocenters. The molecular weight excluding hydrogens is 296 g/mol. The maximum absolute atomic E-state index is 8.86. The van der Waals surface area contributed by atoms with Gasteiger partial charge in [0.1, 0.15) is 23.0 Å². The van der Waals surface area contributed by atoms with E-state index in [9.17, 15) is 0 Å². The fourth-order valence-electron chi connectivity index (χ4n) is 1.44. The van der Waals surface area contributed by atoms with E-state index in [0.29, 0.717) is 11.5 Å². The highest BCUT2D eigenvalue weighted by Gasteiger charge is 1.89. The Hall–Kier alpha value is -3.15. The van der Waals surface area contributed by atoms with E-state index in [2.05, 4.69) is 9.97 Å². The fourth-order valence-corrected chi connectivity index (χ4v) is 1.44. The second-order valence-corrected chi connectivity index (χ2v) is 4.16. The van der Waals surface area contributed by atoms with Gasteiger partial charge in [-0.2, -0.15) is 0 Å². The zero-order valence-corrected chi connectivity index (χ0v) is 13.0. The lowest BCUT2D eigenvalue weighted by Gasteiger charge is -1.97. The smallest absolute Gasteiger partial charge is 0.122 e.